The third kappa shape index (κ3) is 11.2. The van der Waals surface area contributed by atoms with Crippen LogP contribution in [0.1, 0.15) is 173 Å². The van der Waals surface area contributed by atoms with Crippen molar-refractivity contribution in [3.63, 3.8) is 0 Å². The van der Waals surface area contributed by atoms with Crippen LogP contribution in [0, 0.1) is 0 Å². The number of hydrogen-bond donors (Lipinski definition) is 0. The van der Waals surface area contributed by atoms with E-state index in [9.17, 15) is 11.0 Å². The molecule has 0 radical (unpaired) electrons. The van der Waals surface area contributed by atoms with E-state index in [2.05, 4.69) is 348 Å². The van der Waals surface area contributed by atoms with E-state index in [1.165, 1.54) is 38.9 Å². The third-order valence-corrected chi connectivity index (χ3v) is 22.5. The SMILES string of the molecule is [2H]c1c([2H])c([2H])c2c(c1[2H])c1c([2H])c([2H])c([2H])c([2H])c1n2-c1ccc2c(c1)N(c1c(-c3ccccc3)cc(C(C)(C)C)cc1-c1ccccc1)c1cc(C3c4ccccc4Cc4ccccc43)cc3c1C2c1cc(-c2cc(C(C)(C)C)cc(C(C)(C)C)c2)ccc1N3c1c(-c2ccccc2)cc(C(C)(C)C)cc1-c1ccccc1. The Labute approximate surface area is 638 Å². The molecule has 106 heavy (non-hydrogen) atoms. The molecule has 3 heteroatoms. The predicted molar refractivity (Wildman–Crippen MR) is 450 cm³/mol. The van der Waals surface area contributed by atoms with Crippen molar-refractivity contribution in [2.24, 2.45) is 0 Å². The summed E-state index contributed by atoms with van der Waals surface area (Å²) < 4.78 is 78.2. The molecular weight excluding hydrogens is 1280 g/mol. The number of nitrogens with zero attached hydrogens (tertiary/aromatic N) is 3. The second kappa shape index (κ2) is 25.1. The summed E-state index contributed by atoms with van der Waals surface area (Å²) >= 11 is 0. The van der Waals surface area contributed by atoms with Gasteiger partial charge in [-0.05, 0) is 195 Å². The molecule has 518 valence electrons. The largest absolute Gasteiger partial charge is 0.309 e. The highest BCUT2D eigenvalue weighted by atomic mass is 15.2. The van der Waals surface area contributed by atoms with Crippen LogP contribution in [0.15, 0.2) is 309 Å². The Morgan fingerprint density at radius 3 is 1.13 bits per heavy atom. The first-order valence-corrected chi connectivity index (χ1v) is 37.4. The molecule has 3 nitrogen and oxygen atoms in total. The van der Waals surface area contributed by atoms with E-state index in [4.69, 9.17) is 0 Å². The summed E-state index contributed by atoms with van der Waals surface area (Å²) in [5.74, 6) is -0.816. The van der Waals surface area contributed by atoms with Crippen molar-refractivity contribution in [3.8, 4) is 61.3 Å². The number of benzene rings is 14. The highest BCUT2D eigenvalue weighted by Crippen LogP contribution is 2.66. The molecule has 1 aliphatic carbocycles. The third-order valence-electron chi connectivity index (χ3n) is 22.5. The lowest BCUT2D eigenvalue weighted by atomic mass is 9.71. The molecule has 0 saturated carbocycles. The van der Waals surface area contributed by atoms with Gasteiger partial charge in [-0.1, -0.05) is 320 Å². The quantitative estimate of drug-likeness (QED) is 0.143. The predicted octanol–water partition coefficient (Wildman–Crippen LogP) is 28.1. The lowest BCUT2D eigenvalue weighted by molar-refractivity contribution is 0.569. The molecule has 0 bridgehead atoms. The average Bonchev–Trinajstić information content (AvgIpc) is 0.815. The molecule has 2 aliphatic heterocycles. The highest BCUT2D eigenvalue weighted by molar-refractivity contribution is 6.11. The molecule has 0 N–H and O–H groups in total. The molecule has 14 aromatic carbocycles. The normalized spacial score (nSPS) is 15.3. The summed E-state index contributed by atoms with van der Waals surface area (Å²) in [6, 6.07) is 93.2. The topological polar surface area (TPSA) is 11.4 Å². The molecule has 18 rings (SSSR count). The Bertz CT molecular complexity index is 6200. The van der Waals surface area contributed by atoms with Crippen LogP contribution < -0.4 is 9.80 Å². The fourth-order valence-corrected chi connectivity index (χ4v) is 17.0. The second-order valence-electron chi connectivity index (χ2n) is 33.5. The van der Waals surface area contributed by atoms with Gasteiger partial charge in [0.25, 0.3) is 0 Å². The van der Waals surface area contributed by atoms with E-state index < -0.39 is 30.1 Å². The van der Waals surface area contributed by atoms with Crippen molar-refractivity contribution < 1.29 is 11.0 Å². The van der Waals surface area contributed by atoms with E-state index in [1.807, 2.05) is 6.07 Å². The molecule has 1 atom stereocenters. The molecule has 15 aromatic rings. The Morgan fingerprint density at radius 2 is 0.698 bits per heavy atom. The van der Waals surface area contributed by atoms with E-state index in [0.717, 1.165) is 124 Å². The summed E-state index contributed by atoms with van der Waals surface area (Å²) in [5.41, 5.74) is 29.4. The molecular formula is C103H91N3. The van der Waals surface area contributed by atoms with E-state index in [1.54, 1.807) is 4.57 Å². The summed E-state index contributed by atoms with van der Waals surface area (Å²) in [5, 5.41) is 0.0278. The van der Waals surface area contributed by atoms with Crippen molar-refractivity contribution >= 4 is 55.9 Å². The van der Waals surface area contributed by atoms with Gasteiger partial charge in [-0.25, -0.2) is 0 Å². The van der Waals surface area contributed by atoms with Crippen molar-refractivity contribution in [2.75, 3.05) is 9.80 Å². The second-order valence-corrected chi connectivity index (χ2v) is 33.5. The number of hydrogen-bond acceptors (Lipinski definition) is 2. The van der Waals surface area contributed by atoms with Gasteiger partial charge < -0.3 is 14.4 Å². The molecule has 0 amide bonds. The van der Waals surface area contributed by atoms with Crippen LogP contribution in [-0.4, -0.2) is 4.57 Å². The van der Waals surface area contributed by atoms with Crippen LogP contribution in [0.2, 0.25) is 0 Å². The summed E-state index contributed by atoms with van der Waals surface area (Å²) in [6.07, 6.45) is 0.770. The number of para-hydroxylation sites is 2. The number of fused-ring (bicyclic) bond motifs is 9. The molecule has 0 fully saturated rings. The maximum atomic E-state index is 9.99. The summed E-state index contributed by atoms with van der Waals surface area (Å²) in [4.78, 5) is 5.15. The maximum absolute atomic E-state index is 9.99. The van der Waals surface area contributed by atoms with Crippen molar-refractivity contribution in [1.82, 2.24) is 4.57 Å². The van der Waals surface area contributed by atoms with Gasteiger partial charge in [-0.15, -0.1) is 0 Å². The first-order valence-electron chi connectivity index (χ1n) is 41.4. The summed E-state index contributed by atoms with van der Waals surface area (Å²) in [6.45, 7) is 27.5. The number of aromatic nitrogens is 1. The smallest absolute Gasteiger partial charge is 0.0645 e. The minimum atomic E-state index is -0.537. The van der Waals surface area contributed by atoms with Gasteiger partial charge in [0.2, 0.25) is 0 Å². The summed E-state index contributed by atoms with van der Waals surface area (Å²) in [7, 11) is 0. The monoisotopic (exact) mass is 1380 g/mol. The Hall–Kier alpha value is -11.5. The van der Waals surface area contributed by atoms with Crippen LogP contribution in [-0.2, 0) is 28.1 Å². The number of rotatable bonds is 9. The molecule has 1 unspecified atom stereocenters. The number of anilines is 6. The van der Waals surface area contributed by atoms with Gasteiger partial charge in [0.15, 0.2) is 0 Å². The van der Waals surface area contributed by atoms with Crippen LogP contribution >= 0.6 is 0 Å². The Kier molecular flexibility index (Phi) is 13.7. The van der Waals surface area contributed by atoms with Crippen molar-refractivity contribution in [3.05, 3.63) is 376 Å². The average molecular weight is 1380 g/mol. The first kappa shape index (κ1) is 57.8. The lowest BCUT2D eigenvalue weighted by Crippen LogP contribution is -2.31. The standard InChI is InChI=1S/C103H91N3/c1-100(2,3)74-54-72(55-75(59-74)101(4,5)6)69-49-52-91-88(56-69)96-83-51-50-78(104-89-47-31-29-45-81(89)82-46-30-32-48-90(82)104)64-92(83)106(99-86(67-37-21-15-22-38-67)62-77(103(10,11)12)63-87(99)68-39-23-16-24-40-68)94-58-73(95-79-43-27-25-41-70(79)53-71-42-26-28-44-80(71)95)57-93(97(94)96)105(91)98-84(65-33-17-13-18-34-65)60-76(102(7,8)9)61-85(98)66-35-19-14-20-36-66/h13-52,54-64,95-96H,53H2,1-12H3/i29D,30D,31D,32D,45D,46D,47D,48D. The molecule has 1 aromatic heterocycles. The fraction of sp³-hybridized carbons (Fsp3) is 0.184. The molecule has 0 spiro atoms. The molecule has 3 heterocycles. The van der Waals surface area contributed by atoms with Gasteiger partial charge in [0.1, 0.15) is 0 Å². The Morgan fingerprint density at radius 1 is 0.302 bits per heavy atom. The van der Waals surface area contributed by atoms with Gasteiger partial charge in [0.05, 0.1) is 56.1 Å². The van der Waals surface area contributed by atoms with Gasteiger partial charge >= 0.3 is 0 Å². The zero-order chi connectivity index (χ0) is 79.7. The van der Waals surface area contributed by atoms with Gasteiger partial charge in [0, 0.05) is 56.1 Å². The fourth-order valence-electron chi connectivity index (χ4n) is 17.0. The lowest BCUT2D eigenvalue weighted by Gasteiger charge is -2.47. The van der Waals surface area contributed by atoms with E-state index in [-0.39, 0.29) is 73.6 Å². The molecule has 0 saturated heterocycles. The van der Waals surface area contributed by atoms with Crippen molar-refractivity contribution in [1.29, 1.82) is 0 Å². The van der Waals surface area contributed by atoms with Gasteiger partial charge in [-0.3, -0.25) is 0 Å². The minimum Gasteiger partial charge on any atom is -0.309 e. The molecule has 3 aliphatic rings. The Balaban J connectivity index is 1.09. The highest BCUT2D eigenvalue weighted by Gasteiger charge is 2.45. The van der Waals surface area contributed by atoms with Gasteiger partial charge in [-0.2, -0.15) is 0 Å². The zero-order valence-corrected chi connectivity index (χ0v) is 62.5. The van der Waals surface area contributed by atoms with E-state index >= 15 is 0 Å². The zero-order valence-electron chi connectivity index (χ0n) is 70.5. The van der Waals surface area contributed by atoms with Crippen LogP contribution in [0.3, 0.4) is 0 Å². The minimum absolute atomic E-state index is 0.0139. The maximum Gasteiger partial charge on any atom is 0.0645 e. The van der Waals surface area contributed by atoms with Crippen LogP contribution in [0.5, 0.6) is 0 Å². The van der Waals surface area contributed by atoms with Crippen LogP contribution in [0.4, 0.5) is 34.1 Å². The first-order chi connectivity index (χ1) is 54.4. The van der Waals surface area contributed by atoms with Crippen molar-refractivity contribution in [2.45, 2.75) is 123 Å². The van der Waals surface area contributed by atoms with Crippen LogP contribution in [0.25, 0.3) is 83.1 Å². The van der Waals surface area contributed by atoms with E-state index in [0.29, 0.717) is 5.69 Å².